The Bertz CT molecular complexity index is 423. The predicted octanol–water partition coefficient (Wildman–Crippen LogP) is 3.15. The molecule has 7 heteroatoms. The lowest BCUT2D eigenvalue weighted by Gasteiger charge is -2.17. The van der Waals surface area contributed by atoms with E-state index in [1.165, 1.54) is 6.92 Å². The summed E-state index contributed by atoms with van der Waals surface area (Å²) in [7, 11) is 0. The predicted molar refractivity (Wildman–Crippen MR) is 59.5 cm³/mol. The van der Waals surface area contributed by atoms with Gasteiger partial charge in [-0.15, -0.1) is 0 Å². The Morgan fingerprint density at radius 1 is 0.947 bits per heavy atom. The van der Waals surface area contributed by atoms with Crippen molar-refractivity contribution in [2.24, 2.45) is 0 Å². The molecule has 0 radical (unpaired) electrons. The van der Waals surface area contributed by atoms with Crippen LogP contribution in [0, 0.1) is 29.1 Å². The topological polar surface area (TPSA) is 21.3 Å². The third-order valence-electron chi connectivity index (χ3n) is 2.35. The van der Waals surface area contributed by atoms with Gasteiger partial charge in [-0.25, -0.2) is 13.2 Å². The average Bonchev–Trinajstić information content (AvgIpc) is 2.39. The van der Waals surface area contributed by atoms with Gasteiger partial charge in [0.2, 0.25) is 29.1 Å². The van der Waals surface area contributed by atoms with Crippen molar-refractivity contribution >= 4 is 0 Å². The summed E-state index contributed by atoms with van der Waals surface area (Å²) in [5.41, 5.74) is 0. The van der Waals surface area contributed by atoms with E-state index in [1.54, 1.807) is 0 Å². The number of hydrogen-bond acceptors (Lipinski definition) is 2. The van der Waals surface area contributed by atoms with E-state index in [9.17, 15) is 22.0 Å². The fraction of sp³-hybridized carbons (Fsp3) is 0.500. The fourth-order valence-electron chi connectivity index (χ4n) is 1.41. The molecule has 0 fully saturated rings. The van der Waals surface area contributed by atoms with Crippen molar-refractivity contribution in [2.45, 2.75) is 26.4 Å². The van der Waals surface area contributed by atoms with Crippen molar-refractivity contribution in [1.82, 2.24) is 5.32 Å². The van der Waals surface area contributed by atoms with Crippen molar-refractivity contribution < 1.29 is 26.7 Å². The van der Waals surface area contributed by atoms with Crippen LogP contribution in [0.1, 0.15) is 20.3 Å². The van der Waals surface area contributed by atoms with Gasteiger partial charge in [-0.2, -0.15) is 8.78 Å². The van der Waals surface area contributed by atoms with E-state index in [4.69, 9.17) is 4.74 Å². The van der Waals surface area contributed by atoms with Gasteiger partial charge in [-0.05, 0) is 19.9 Å². The van der Waals surface area contributed by atoms with Crippen LogP contribution >= 0.6 is 0 Å². The molecule has 0 spiro atoms. The molecule has 1 rings (SSSR count). The van der Waals surface area contributed by atoms with E-state index >= 15 is 0 Å². The minimum absolute atomic E-state index is 0.229. The molecule has 1 atom stereocenters. The lowest BCUT2D eigenvalue weighted by Crippen LogP contribution is -2.30. The lowest BCUT2D eigenvalue weighted by atomic mass is 10.2. The number of hydrogen-bond donors (Lipinski definition) is 1. The van der Waals surface area contributed by atoms with E-state index in [0.29, 0.717) is 6.54 Å². The van der Waals surface area contributed by atoms with Crippen LogP contribution < -0.4 is 10.1 Å². The largest absolute Gasteiger partial charge is 0.483 e. The van der Waals surface area contributed by atoms with Gasteiger partial charge in [0.05, 0.1) is 0 Å². The van der Waals surface area contributed by atoms with Crippen LogP contribution in [0.3, 0.4) is 0 Å². The molecule has 0 aliphatic carbocycles. The molecular formula is C12H14F5NO. The number of halogens is 5. The smallest absolute Gasteiger partial charge is 0.207 e. The molecule has 0 aliphatic heterocycles. The summed E-state index contributed by atoms with van der Waals surface area (Å²) in [5.74, 6) is -11.4. The minimum atomic E-state index is -2.20. The SMILES string of the molecule is CCCNCC(C)Oc1c(F)c(F)c(F)c(F)c1F. The van der Waals surface area contributed by atoms with Gasteiger partial charge < -0.3 is 10.1 Å². The maximum atomic E-state index is 13.3. The number of benzene rings is 1. The molecule has 0 aromatic heterocycles. The molecule has 0 saturated carbocycles. The molecule has 19 heavy (non-hydrogen) atoms. The summed E-state index contributed by atoms with van der Waals surface area (Å²) >= 11 is 0. The maximum Gasteiger partial charge on any atom is 0.207 e. The third-order valence-corrected chi connectivity index (χ3v) is 2.35. The van der Waals surface area contributed by atoms with Crippen LogP contribution in [-0.4, -0.2) is 19.2 Å². The van der Waals surface area contributed by atoms with Gasteiger partial charge >= 0.3 is 0 Å². The molecule has 1 aromatic carbocycles. The van der Waals surface area contributed by atoms with Crippen LogP contribution in [-0.2, 0) is 0 Å². The second kappa shape index (κ2) is 6.70. The van der Waals surface area contributed by atoms with Crippen LogP contribution in [0.25, 0.3) is 0 Å². The van der Waals surface area contributed by atoms with Crippen molar-refractivity contribution in [2.75, 3.05) is 13.1 Å². The van der Waals surface area contributed by atoms with E-state index in [2.05, 4.69) is 5.32 Å². The first-order valence-corrected chi connectivity index (χ1v) is 5.78. The average molecular weight is 283 g/mol. The second-order valence-corrected chi connectivity index (χ2v) is 4.03. The van der Waals surface area contributed by atoms with Gasteiger partial charge in [0.25, 0.3) is 0 Å². The Balaban J connectivity index is 2.89. The van der Waals surface area contributed by atoms with E-state index < -0.39 is 40.9 Å². The molecule has 1 unspecified atom stereocenters. The molecule has 2 nitrogen and oxygen atoms in total. The minimum Gasteiger partial charge on any atom is -0.483 e. The summed E-state index contributed by atoms with van der Waals surface area (Å²) in [6.07, 6.45) is 0.106. The van der Waals surface area contributed by atoms with Crippen molar-refractivity contribution in [3.05, 3.63) is 29.1 Å². The van der Waals surface area contributed by atoms with E-state index in [-0.39, 0.29) is 6.54 Å². The standard InChI is InChI=1S/C12H14F5NO/c1-3-4-18-5-6(2)19-12-10(16)8(14)7(13)9(15)11(12)17/h6,18H,3-5H2,1-2H3. The first kappa shape index (κ1) is 15.7. The highest BCUT2D eigenvalue weighted by molar-refractivity contribution is 5.29. The summed E-state index contributed by atoms with van der Waals surface area (Å²) in [5, 5.41) is 2.90. The van der Waals surface area contributed by atoms with Crippen LogP contribution in [0.2, 0.25) is 0 Å². The van der Waals surface area contributed by atoms with Crippen molar-refractivity contribution in [1.29, 1.82) is 0 Å². The highest BCUT2D eigenvalue weighted by atomic mass is 19.2. The summed E-state index contributed by atoms with van der Waals surface area (Å²) in [6, 6.07) is 0. The Hall–Kier alpha value is -1.37. The third kappa shape index (κ3) is 3.56. The van der Waals surface area contributed by atoms with Gasteiger partial charge in [-0.1, -0.05) is 6.92 Å². The van der Waals surface area contributed by atoms with Crippen LogP contribution in [0.5, 0.6) is 5.75 Å². The van der Waals surface area contributed by atoms with Crippen LogP contribution in [0.4, 0.5) is 22.0 Å². The van der Waals surface area contributed by atoms with Gasteiger partial charge in [-0.3, -0.25) is 0 Å². The molecule has 108 valence electrons. The first-order chi connectivity index (χ1) is 8.90. The highest BCUT2D eigenvalue weighted by Crippen LogP contribution is 2.29. The zero-order valence-electron chi connectivity index (χ0n) is 10.5. The molecule has 0 aliphatic rings. The highest BCUT2D eigenvalue weighted by Gasteiger charge is 2.27. The summed E-state index contributed by atoms with van der Waals surface area (Å²) in [4.78, 5) is 0. The van der Waals surface area contributed by atoms with Crippen LogP contribution in [0.15, 0.2) is 0 Å². The zero-order chi connectivity index (χ0) is 14.6. The Morgan fingerprint density at radius 2 is 1.42 bits per heavy atom. The molecule has 0 heterocycles. The zero-order valence-corrected chi connectivity index (χ0v) is 10.5. The van der Waals surface area contributed by atoms with E-state index in [1.807, 2.05) is 6.92 Å². The number of nitrogens with one attached hydrogen (secondary N) is 1. The lowest BCUT2D eigenvalue weighted by molar-refractivity contribution is 0.189. The Morgan fingerprint density at radius 3 is 1.89 bits per heavy atom. The summed E-state index contributed by atoms with van der Waals surface area (Å²) < 4.78 is 69.9. The quantitative estimate of drug-likeness (QED) is 0.375. The molecule has 0 amide bonds. The van der Waals surface area contributed by atoms with E-state index in [0.717, 1.165) is 6.42 Å². The molecule has 0 saturated heterocycles. The number of ether oxygens (including phenoxy) is 1. The van der Waals surface area contributed by atoms with Gasteiger partial charge in [0, 0.05) is 6.54 Å². The first-order valence-electron chi connectivity index (χ1n) is 5.78. The molecular weight excluding hydrogens is 269 g/mol. The monoisotopic (exact) mass is 283 g/mol. The molecule has 1 aromatic rings. The molecule has 1 N–H and O–H groups in total. The maximum absolute atomic E-state index is 13.3. The Kier molecular flexibility index (Phi) is 5.53. The summed E-state index contributed by atoms with van der Waals surface area (Å²) in [6.45, 7) is 4.27. The normalized spacial score (nSPS) is 12.6. The number of rotatable bonds is 6. The molecule has 0 bridgehead atoms. The van der Waals surface area contributed by atoms with Crippen molar-refractivity contribution in [3.63, 3.8) is 0 Å². The van der Waals surface area contributed by atoms with Crippen molar-refractivity contribution in [3.8, 4) is 5.75 Å². The fourth-order valence-corrected chi connectivity index (χ4v) is 1.41. The van der Waals surface area contributed by atoms with Gasteiger partial charge in [0.15, 0.2) is 5.75 Å². The van der Waals surface area contributed by atoms with Gasteiger partial charge in [0.1, 0.15) is 6.10 Å². The second-order valence-electron chi connectivity index (χ2n) is 4.03. The Labute approximate surface area is 107 Å².